The van der Waals surface area contributed by atoms with Gasteiger partial charge in [-0.05, 0) is 43.9 Å². The summed E-state index contributed by atoms with van der Waals surface area (Å²) >= 11 is 1.60. The number of aryl methyl sites for hydroxylation is 1. The molecule has 1 aliphatic heterocycles. The van der Waals surface area contributed by atoms with Gasteiger partial charge >= 0.3 is 0 Å². The Balaban J connectivity index is 1.58. The molecular formula is C32H49N5O4S. The fraction of sp³-hybridized carbons (Fsp3) is 0.625. The Kier molecular flexibility index (Phi) is 13.3. The molecule has 0 spiro atoms. The van der Waals surface area contributed by atoms with E-state index in [1.54, 1.807) is 11.3 Å². The minimum Gasteiger partial charge on any atom is -0.391 e. The van der Waals surface area contributed by atoms with Crippen LogP contribution in [-0.4, -0.2) is 69.1 Å². The predicted octanol–water partition coefficient (Wildman–Crippen LogP) is 4.58. The van der Waals surface area contributed by atoms with Crippen molar-refractivity contribution in [2.24, 2.45) is 16.1 Å². The van der Waals surface area contributed by atoms with E-state index in [1.807, 2.05) is 57.5 Å². The highest BCUT2D eigenvalue weighted by molar-refractivity contribution is 7.13. The van der Waals surface area contributed by atoms with E-state index in [1.165, 1.54) is 4.90 Å². The highest BCUT2D eigenvalue weighted by Crippen LogP contribution is 2.28. The molecule has 0 aliphatic carbocycles. The number of nitrogens with two attached hydrogens (primary N) is 1. The van der Waals surface area contributed by atoms with Gasteiger partial charge in [-0.15, -0.1) is 11.3 Å². The number of thiazole rings is 1. The number of aliphatic hydroxyl groups is 2. The van der Waals surface area contributed by atoms with Crippen molar-refractivity contribution < 1.29 is 19.8 Å². The Morgan fingerprint density at radius 1 is 1.12 bits per heavy atom. The van der Waals surface area contributed by atoms with E-state index < -0.39 is 29.7 Å². The van der Waals surface area contributed by atoms with Crippen LogP contribution in [0.3, 0.4) is 0 Å². The molecule has 3 atom stereocenters. The smallest absolute Gasteiger partial charge is 0.269 e. The lowest BCUT2D eigenvalue weighted by molar-refractivity contribution is -0.128. The molecule has 42 heavy (non-hydrogen) atoms. The lowest BCUT2D eigenvalue weighted by Gasteiger charge is -2.32. The molecule has 1 aromatic heterocycles. The second kappa shape index (κ2) is 16.4. The van der Waals surface area contributed by atoms with Gasteiger partial charge in [0.05, 0.1) is 28.2 Å². The number of amides is 2. The Bertz CT molecular complexity index is 1170. The van der Waals surface area contributed by atoms with Crippen molar-refractivity contribution in [2.45, 2.75) is 110 Å². The van der Waals surface area contributed by atoms with Gasteiger partial charge in [-0.25, -0.2) is 9.98 Å². The number of nitrogens with one attached hydrogen (secondary N) is 1. The van der Waals surface area contributed by atoms with Gasteiger partial charge in [0.25, 0.3) is 5.91 Å². The maximum atomic E-state index is 13.7. The van der Waals surface area contributed by atoms with Crippen molar-refractivity contribution in [3.63, 3.8) is 0 Å². The molecule has 3 rings (SSSR count). The van der Waals surface area contributed by atoms with Gasteiger partial charge < -0.3 is 20.8 Å². The van der Waals surface area contributed by atoms with Gasteiger partial charge in [0.15, 0.2) is 0 Å². The number of benzene rings is 1. The van der Waals surface area contributed by atoms with Crippen LogP contribution < -0.4 is 11.1 Å². The summed E-state index contributed by atoms with van der Waals surface area (Å²) in [6.45, 7) is 8.75. The van der Waals surface area contributed by atoms with E-state index in [0.29, 0.717) is 13.0 Å². The van der Waals surface area contributed by atoms with Crippen LogP contribution in [0.15, 0.2) is 34.8 Å². The van der Waals surface area contributed by atoms with Gasteiger partial charge in [-0.1, -0.05) is 77.1 Å². The molecule has 1 fully saturated rings. The summed E-state index contributed by atoms with van der Waals surface area (Å²) in [7, 11) is 0. The van der Waals surface area contributed by atoms with Crippen LogP contribution in [0.1, 0.15) is 89.8 Å². The molecule has 0 bridgehead atoms. The van der Waals surface area contributed by atoms with Crippen LogP contribution in [0, 0.1) is 12.3 Å². The maximum absolute atomic E-state index is 13.7. The molecule has 1 saturated heterocycles. The van der Waals surface area contributed by atoms with Crippen LogP contribution in [0.2, 0.25) is 0 Å². The first kappa shape index (κ1) is 34.0. The van der Waals surface area contributed by atoms with Crippen molar-refractivity contribution in [3.05, 3.63) is 41.0 Å². The number of nitrogens with zero attached hydrogens (tertiary/aromatic N) is 3. The largest absolute Gasteiger partial charge is 0.391 e. The zero-order valence-corrected chi connectivity index (χ0v) is 26.5. The standard InChI is InChI=1S/C32H49N5O4S/c1-22-28(42-21-35-22)24-15-13-23(14-16-24)19-34-30(40)26-18-25(38)20-37(26)31(41)29(32(2,3)4)36-27(39)12-10-8-6-5-7-9-11-17-33/h13-16,21,25-26,30,34,38,40H,5-12,17-20,33H2,1-4H3/t25-,26+,30?/m1/s1. The number of carbonyl (C=O) groups excluding carboxylic acids is 2. The fourth-order valence-electron chi connectivity index (χ4n) is 5.24. The van der Waals surface area contributed by atoms with E-state index in [9.17, 15) is 19.8 Å². The molecule has 2 amide bonds. The van der Waals surface area contributed by atoms with E-state index in [-0.39, 0.29) is 24.6 Å². The van der Waals surface area contributed by atoms with Crippen LogP contribution in [0.25, 0.3) is 10.4 Å². The Morgan fingerprint density at radius 2 is 1.76 bits per heavy atom. The van der Waals surface area contributed by atoms with E-state index in [4.69, 9.17) is 5.73 Å². The van der Waals surface area contributed by atoms with Crippen LogP contribution in [0.4, 0.5) is 0 Å². The first-order valence-corrected chi connectivity index (χ1v) is 16.1. The number of β-amino-alcohol motifs (C(OH)–C–C–N with tert-alkyl or cyclic N) is 1. The van der Waals surface area contributed by atoms with Crippen LogP contribution >= 0.6 is 11.3 Å². The second-order valence-corrected chi connectivity index (χ2v) is 13.2. The van der Waals surface area contributed by atoms with Gasteiger partial charge in [0.2, 0.25) is 5.91 Å². The molecule has 0 saturated carbocycles. The fourth-order valence-corrected chi connectivity index (χ4v) is 6.06. The normalized spacial score (nSPS) is 18.5. The molecule has 1 unspecified atom stereocenters. The quantitative estimate of drug-likeness (QED) is 0.133. The molecule has 1 aliphatic rings. The molecule has 2 aromatic rings. The minimum absolute atomic E-state index is 0.0819. The zero-order valence-electron chi connectivity index (χ0n) is 25.6. The van der Waals surface area contributed by atoms with Gasteiger partial charge in [-0.2, -0.15) is 0 Å². The lowest BCUT2D eigenvalue weighted by Crippen LogP contribution is -2.52. The first-order valence-electron chi connectivity index (χ1n) is 15.2. The van der Waals surface area contributed by atoms with Crippen molar-refractivity contribution in [1.29, 1.82) is 0 Å². The summed E-state index contributed by atoms with van der Waals surface area (Å²) in [6.07, 6.45) is 5.97. The van der Waals surface area contributed by atoms with Crippen LogP contribution in [-0.2, 0) is 16.1 Å². The Hall–Kier alpha value is -2.50. The number of hydrogen-bond acceptors (Lipinski definition) is 8. The van der Waals surface area contributed by atoms with E-state index >= 15 is 0 Å². The van der Waals surface area contributed by atoms with Crippen molar-refractivity contribution in [2.75, 3.05) is 13.1 Å². The number of aliphatic imine (C=N–C) groups is 1. The third-order valence-corrected chi connectivity index (χ3v) is 8.65. The predicted molar refractivity (Wildman–Crippen MR) is 169 cm³/mol. The third kappa shape index (κ3) is 10.1. The number of hydrogen-bond donors (Lipinski definition) is 4. The monoisotopic (exact) mass is 599 g/mol. The number of carbonyl (C=O) groups is 2. The molecule has 5 N–H and O–H groups in total. The topological polar surface area (TPSA) is 141 Å². The highest BCUT2D eigenvalue weighted by Gasteiger charge is 2.42. The Labute approximate surface area is 254 Å². The second-order valence-electron chi connectivity index (χ2n) is 12.3. The summed E-state index contributed by atoms with van der Waals surface area (Å²) in [5.74, 6) is -0.717. The summed E-state index contributed by atoms with van der Waals surface area (Å²) in [5.41, 5.74) is 9.92. The number of rotatable bonds is 15. The van der Waals surface area contributed by atoms with Gasteiger partial charge in [0.1, 0.15) is 11.9 Å². The molecule has 10 heteroatoms. The molecule has 1 aromatic carbocycles. The van der Waals surface area contributed by atoms with Crippen molar-refractivity contribution in [3.8, 4) is 10.4 Å². The zero-order chi connectivity index (χ0) is 30.7. The number of aromatic nitrogens is 1. The van der Waals surface area contributed by atoms with Crippen LogP contribution in [0.5, 0.6) is 0 Å². The number of unbranched alkanes of at least 4 members (excludes halogenated alkanes) is 6. The molecular weight excluding hydrogens is 550 g/mol. The molecule has 9 nitrogen and oxygen atoms in total. The Morgan fingerprint density at radius 3 is 2.36 bits per heavy atom. The average Bonchev–Trinajstić information content (AvgIpc) is 3.56. The third-order valence-electron chi connectivity index (χ3n) is 7.67. The van der Waals surface area contributed by atoms with Crippen molar-refractivity contribution >= 4 is 28.9 Å². The molecule has 2 heterocycles. The van der Waals surface area contributed by atoms with Gasteiger partial charge in [-0.3, -0.25) is 14.9 Å². The molecule has 232 valence electrons. The SMILES string of the molecule is Cc1ncsc1-c1ccc(CNC(O)[C@@H]2C[C@@H](O)CN2C(=O)C(=NC(=O)CCCCCCCCCN)C(C)(C)C)cc1. The van der Waals surface area contributed by atoms with E-state index in [2.05, 4.69) is 15.3 Å². The van der Waals surface area contributed by atoms with Gasteiger partial charge in [0, 0.05) is 24.9 Å². The average molecular weight is 600 g/mol. The summed E-state index contributed by atoms with van der Waals surface area (Å²) < 4.78 is 0. The molecule has 0 radical (unpaired) electrons. The van der Waals surface area contributed by atoms with E-state index in [0.717, 1.165) is 73.2 Å². The highest BCUT2D eigenvalue weighted by atomic mass is 32.1. The summed E-state index contributed by atoms with van der Waals surface area (Å²) in [4.78, 5) is 37.7. The summed E-state index contributed by atoms with van der Waals surface area (Å²) in [5, 5.41) is 24.6. The number of likely N-dealkylation sites (tertiary alicyclic amines) is 1. The summed E-state index contributed by atoms with van der Waals surface area (Å²) in [6, 6.07) is 7.42. The first-order chi connectivity index (χ1) is 20.0. The maximum Gasteiger partial charge on any atom is 0.269 e. The minimum atomic E-state index is -1.06. The number of aliphatic hydroxyl groups excluding tert-OH is 2. The van der Waals surface area contributed by atoms with Crippen molar-refractivity contribution in [1.82, 2.24) is 15.2 Å². The lowest BCUT2D eigenvalue weighted by atomic mass is 9.88.